The molecule has 2 aromatic carbocycles. The van der Waals surface area contributed by atoms with Gasteiger partial charge in [0, 0.05) is 12.6 Å². The number of nitrogens with one attached hydrogen (secondary N) is 1. The maximum Gasteiger partial charge on any atom is 0.101 e. The summed E-state index contributed by atoms with van der Waals surface area (Å²) in [5.41, 5.74) is 9.80. The van der Waals surface area contributed by atoms with Crippen LogP contribution < -0.4 is 11.1 Å². The first-order valence-corrected chi connectivity index (χ1v) is 6.26. The molecule has 2 rings (SSSR count). The Morgan fingerprint density at radius 3 is 2.58 bits per heavy atom. The van der Waals surface area contributed by atoms with Crippen molar-refractivity contribution in [2.24, 2.45) is 5.73 Å². The summed E-state index contributed by atoms with van der Waals surface area (Å²) in [5.74, 6) is 0. The summed E-state index contributed by atoms with van der Waals surface area (Å²) in [6.07, 6.45) is 0. The minimum absolute atomic E-state index is 0.0904. The van der Waals surface area contributed by atoms with Crippen molar-refractivity contribution < 1.29 is 0 Å². The zero-order valence-corrected chi connectivity index (χ0v) is 10.9. The highest BCUT2D eigenvalue weighted by Gasteiger charge is 2.08. The van der Waals surface area contributed by atoms with E-state index in [-0.39, 0.29) is 6.04 Å². The molecule has 0 fully saturated rings. The van der Waals surface area contributed by atoms with Gasteiger partial charge in [0.05, 0.1) is 11.3 Å². The number of nitrogens with zero attached hydrogens (tertiary/aromatic N) is 1. The second-order valence-electron chi connectivity index (χ2n) is 4.51. The van der Waals surface area contributed by atoms with E-state index in [2.05, 4.69) is 11.4 Å². The summed E-state index contributed by atoms with van der Waals surface area (Å²) in [6.45, 7) is 2.58. The van der Waals surface area contributed by atoms with E-state index in [1.165, 1.54) is 0 Å². The molecular weight excluding hydrogens is 234 g/mol. The van der Waals surface area contributed by atoms with Crippen LogP contribution in [0, 0.1) is 18.3 Å². The van der Waals surface area contributed by atoms with Gasteiger partial charge in [-0.1, -0.05) is 42.5 Å². The van der Waals surface area contributed by atoms with Crippen molar-refractivity contribution in [3.63, 3.8) is 0 Å². The number of anilines is 1. The first-order chi connectivity index (χ1) is 9.22. The number of aryl methyl sites for hydroxylation is 1. The molecule has 3 heteroatoms. The van der Waals surface area contributed by atoms with E-state index in [1.807, 2.05) is 55.5 Å². The molecule has 1 unspecified atom stereocenters. The van der Waals surface area contributed by atoms with Gasteiger partial charge in [0.25, 0.3) is 0 Å². The second kappa shape index (κ2) is 6.03. The first-order valence-electron chi connectivity index (χ1n) is 6.26. The van der Waals surface area contributed by atoms with Crippen molar-refractivity contribution in [1.82, 2.24) is 0 Å². The molecule has 0 heterocycles. The Morgan fingerprint density at radius 2 is 1.89 bits per heavy atom. The van der Waals surface area contributed by atoms with Gasteiger partial charge >= 0.3 is 0 Å². The van der Waals surface area contributed by atoms with Gasteiger partial charge in [-0.15, -0.1) is 0 Å². The summed E-state index contributed by atoms with van der Waals surface area (Å²) in [5, 5.41) is 12.4. The highest BCUT2D eigenvalue weighted by atomic mass is 14.9. The molecule has 3 N–H and O–H groups in total. The van der Waals surface area contributed by atoms with E-state index < -0.39 is 0 Å². The largest absolute Gasteiger partial charge is 0.382 e. The fourth-order valence-electron chi connectivity index (χ4n) is 2.03. The molecular formula is C16H17N3. The van der Waals surface area contributed by atoms with Gasteiger partial charge in [0.1, 0.15) is 6.07 Å². The smallest absolute Gasteiger partial charge is 0.101 e. The van der Waals surface area contributed by atoms with Crippen LogP contribution in [0.25, 0.3) is 0 Å². The molecule has 0 saturated heterocycles. The molecule has 0 aliphatic heterocycles. The molecule has 0 aliphatic rings. The lowest BCUT2D eigenvalue weighted by Gasteiger charge is -2.16. The molecule has 0 radical (unpaired) electrons. The monoisotopic (exact) mass is 251 g/mol. The molecule has 19 heavy (non-hydrogen) atoms. The number of nitrogens with two attached hydrogens (primary N) is 1. The van der Waals surface area contributed by atoms with Gasteiger partial charge in [0.2, 0.25) is 0 Å². The molecule has 0 aliphatic carbocycles. The second-order valence-corrected chi connectivity index (χ2v) is 4.51. The maximum absolute atomic E-state index is 9.10. The van der Waals surface area contributed by atoms with Crippen LogP contribution in [0.3, 0.4) is 0 Å². The molecule has 3 nitrogen and oxygen atoms in total. The van der Waals surface area contributed by atoms with Gasteiger partial charge in [-0.25, -0.2) is 0 Å². The van der Waals surface area contributed by atoms with Gasteiger partial charge < -0.3 is 11.1 Å². The Labute approximate surface area is 113 Å². The van der Waals surface area contributed by atoms with E-state index in [0.29, 0.717) is 12.1 Å². The van der Waals surface area contributed by atoms with Crippen LogP contribution in [-0.2, 0) is 0 Å². The topological polar surface area (TPSA) is 61.8 Å². The first kappa shape index (κ1) is 13.1. The predicted molar refractivity (Wildman–Crippen MR) is 77.8 cm³/mol. The third-order valence-corrected chi connectivity index (χ3v) is 3.12. The fourth-order valence-corrected chi connectivity index (χ4v) is 2.03. The van der Waals surface area contributed by atoms with Gasteiger partial charge in [-0.3, -0.25) is 0 Å². The van der Waals surface area contributed by atoms with Crippen molar-refractivity contribution in [1.29, 1.82) is 5.26 Å². The van der Waals surface area contributed by atoms with E-state index >= 15 is 0 Å². The van der Waals surface area contributed by atoms with Crippen LogP contribution in [0.4, 0.5) is 5.69 Å². The van der Waals surface area contributed by atoms with Gasteiger partial charge in [0.15, 0.2) is 0 Å². The zero-order chi connectivity index (χ0) is 13.7. The van der Waals surface area contributed by atoms with Gasteiger partial charge in [-0.05, 0) is 24.1 Å². The third-order valence-electron chi connectivity index (χ3n) is 3.12. The SMILES string of the molecule is Cc1cccc(C#N)c1NCC(N)c1ccccc1. The molecule has 0 amide bonds. The van der Waals surface area contributed by atoms with E-state index in [1.54, 1.807) is 0 Å². The minimum atomic E-state index is -0.0904. The van der Waals surface area contributed by atoms with Gasteiger partial charge in [-0.2, -0.15) is 5.26 Å². The molecule has 0 bridgehead atoms. The average molecular weight is 251 g/mol. The third kappa shape index (κ3) is 3.12. The Kier molecular flexibility index (Phi) is 4.17. The highest BCUT2D eigenvalue weighted by Crippen LogP contribution is 2.20. The standard InChI is InChI=1S/C16H17N3/c1-12-6-5-9-14(10-17)16(12)19-11-15(18)13-7-3-2-4-8-13/h2-9,15,19H,11,18H2,1H3. The lowest BCUT2D eigenvalue weighted by Crippen LogP contribution is -2.21. The Hall–Kier alpha value is -2.31. The molecule has 0 spiro atoms. The summed E-state index contributed by atoms with van der Waals surface area (Å²) in [4.78, 5) is 0. The zero-order valence-electron chi connectivity index (χ0n) is 10.9. The van der Waals surface area contributed by atoms with Crippen LogP contribution in [-0.4, -0.2) is 6.54 Å². The van der Waals surface area contributed by atoms with E-state index in [0.717, 1.165) is 16.8 Å². The van der Waals surface area contributed by atoms with Crippen molar-refractivity contribution in [3.05, 3.63) is 65.2 Å². The number of rotatable bonds is 4. The quantitative estimate of drug-likeness (QED) is 0.878. The Morgan fingerprint density at radius 1 is 1.16 bits per heavy atom. The number of nitriles is 1. The van der Waals surface area contributed by atoms with E-state index in [4.69, 9.17) is 11.0 Å². The van der Waals surface area contributed by atoms with E-state index in [9.17, 15) is 0 Å². The Balaban J connectivity index is 2.10. The van der Waals surface area contributed by atoms with Crippen molar-refractivity contribution in [3.8, 4) is 6.07 Å². The number of para-hydroxylation sites is 1. The summed E-state index contributed by atoms with van der Waals surface area (Å²) in [7, 11) is 0. The number of benzene rings is 2. The fraction of sp³-hybridized carbons (Fsp3) is 0.188. The van der Waals surface area contributed by atoms with Crippen LogP contribution in [0.15, 0.2) is 48.5 Å². The maximum atomic E-state index is 9.10. The van der Waals surface area contributed by atoms with Crippen LogP contribution in [0.2, 0.25) is 0 Å². The number of hydrogen-bond donors (Lipinski definition) is 2. The molecule has 1 atom stereocenters. The molecule has 96 valence electrons. The van der Waals surface area contributed by atoms with Crippen LogP contribution in [0.5, 0.6) is 0 Å². The van der Waals surface area contributed by atoms with Crippen molar-refractivity contribution >= 4 is 5.69 Å². The predicted octanol–water partition coefficient (Wildman–Crippen LogP) is 2.98. The lowest BCUT2D eigenvalue weighted by atomic mass is 10.1. The molecule has 0 aromatic heterocycles. The molecule has 2 aromatic rings. The van der Waals surface area contributed by atoms with Crippen LogP contribution in [0.1, 0.15) is 22.7 Å². The molecule has 0 saturated carbocycles. The lowest BCUT2D eigenvalue weighted by molar-refractivity contribution is 0.764. The summed E-state index contributed by atoms with van der Waals surface area (Å²) >= 11 is 0. The average Bonchev–Trinajstić information content (AvgIpc) is 2.46. The number of hydrogen-bond acceptors (Lipinski definition) is 3. The van der Waals surface area contributed by atoms with Crippen LogP contribution >= 0.6 is 0 Å². The minimum Gasteiger partial charge on any atom is -0.382 e. The summed E-state index contributed by atoms with van der Waals surface area (Å²) in [6, 6.07) is 17.7. The summed E-state index contributed by atoms with van der Waals surface area (Å²) < 4.78 is 0. The van der Waals surface area contributed by atoms with Crippen molar-refractivity contribution in [2.45, 2.75) is 13.0 Å². The highest BCUT2D eigenvalue weighted by molar-refractivity contribution is 5.62. The normalized spacial score (nSPS) is 11.6. The Bertz CT molecular complexity index is 585. The van der Waals surface area contributed by atoms with Crippen molar-refractivity contribution in [2.75, 3.05) is 11.9 Å².